The predicted molar refractivity (Wildman–Crippen MR) is 80.0 cm³/mol. The molecule has 18 heavy (non-hydrogen) atoms. The number of hydrogen-bond donors (Lipinski definition) is 0. The summed E-state index contributed by atoms with van der Waals surface area (Å²) in [6.45, 7) is 2.15. The number of rotatable bonds is 4. The highest BCUT2D eigenvalue weighted by Crippen LogP contribution is 2.28. The van der Waals surface area contributed by atoms with E-state index in [1.165, 1.54) is 16.6 Å². The summed E-state index contributed by atoms with van der Waals surface area (Å²) in [6.07, 6.45) is 1.94. The van der Waals surface area contributed by atoms with Crippen molar-refractivity contribution in [2.45, 2.75) is 18.1 Å². The number of halogens is 1. The van der Waals surface area contributed by atoms with E-state index in [9.17, 15) is 0 Å². The first kappa shape index (κ1) is 13.6. The van der Waals surface area contributed by atoms with Crippen LogP contribution in [0.4, 0.5) is 5.82 Å². The molecule has 6 heteroatoms. The normalized spacial score (nSPS) is 12.4. The Hall–Kier alpha value is -0.780. The molecule has 0 radical (unpaired) electrons. The van der Waals surface area contributed by atoms with Gasteiger partial charge in [-0.2, -0.15) is 0 Å². The molecule has 2 rings (SSSR count). The van der Waals surface area contributed by atoms with E-state index >= 15 is 0 Å². The van der Waals surface area contributed by atoms with Crippen LogP contribution in [0.1, 0.15) is 17.8 Å². The van der Waals surface area contributed by atoms with Gasteiger partial charge in [0.05, 0.1) is 6.04 Å². The van der Waals surface area contributed by atoms with Crippen molar-refractivity contribution in [1.29, 1.82) is 0 Å². The van der Waals surface area contributed by atoms with E-state index < -0.39 is 0 Å². The monoisotopic (exact) mass is 299 g/mol. The standard InChI is InChI=1S/C12H14ClN3S2/c1-8(9-5-4-6-18-9)16(2)11-7-10(13)14-12(15-11)17-3/h4-8H,1-3H3. The summed E-state index contributed by atoms with van der Waals surface area (Å²) >= 11 is 9.25. The highest BCUT2D eigenvalue weighted by atomic mass is 35.5. The number of thiophene rings is 1. The molecular formula is C12H14ClN3S2. The van der Waals surface area contributed by atoms with Gasteiger partial charge in [0.25, 0.3) is 0 Å². The van der Waals surface area contributed by atoms with Crippen LogP contribution in [-0.2, 0) is 0 Å². The first-order chi connectivity index (χ1) is 8.61. The van der Waals surface area contributed by atoms with Gasteiger partial charge in [0.1, 0.15) is 11.0 Å². The van der Waals surface area contributed by atoms with Crippen molar-refractivity contribution in [2.24, 2.45) is 0 Å². The lowest BCUT2D eigenvalue weighted by molar-refractivity contribution is 0.731. The van der Waals surface area contributed by atoms with Crippen LogP contribution < -0.4 is 4.90 Å². The fraction of sp³-hybridized carbons (Fsp3) is 0.333. The largest absolute Gasteiger partial charge is 0.352 e. The molecule has 0 N–H and O–H groups in total. The zero-order chi connectivity index (χ0) is 13.1. The van der Waals surface area contributed by atoms with Crippen molar-refractivity contribution in [2.75, 3.05) is 18.2 Å². The minimum Gasteiger partial charge on any atom is -0.352 e. The molecule has 0 fully saturated rings. The number of thioether (sulfide) groups is 1. The van der Waals surface area contributed by atoms with E-state index in [4.69, 9.17) is 11.6 Å². The quantitative estimate of drug-likeness (QED) is 0.483. The lowest BCUT2D eigenvalue weighted by atomic mass is 10.2. The summed E-state index contributed by atoms with van der Waals surface area (Å²) in [4.78, 5) is 12.0. The summed E-state index contributed by atoms with van der Waals surface area (Å²) in [7, 11) is 2.02. The Morgan fingerprint density at radius 3 is 2.83 bits per heavy atom. The molecule has 0 aliphatic heterocycles. The molecule has 0 aliphatic rings. The van der Waals surface area contributed by atoms with E-state index in [0.29, 0.717) is 10.3 Å². The van der Waals surface area contributed by atoms with Crippen LogP contribution in [0.15, 0.2) is 28.7 Å². The molecule has 0 spiro atoms. The van der Waals surface area contributed by atoms with Gasteiger partial charge >= 0.3 is 0 Å². The maximum absolute atomic E-state index is 6.01. The molecule has 3 nitrogen and oxygen atoms in total. The number of hydrogen-bond acceptors (Lipinski definition) is 5. The van der Waals surface area contributed by atoms with Gasteiger partial charge in [-0.3, -0.25) is 0 Å². The summed E-state index contributed by atoms with van der Waals surface area (Å²) in [5.74, 6) is 0.847. The van der Waals surface area contributed by atoms with E-state index in [1.54, 1.807) is 17.4 Å². The molecule has 96 valence electrons. The smallest absolute Gasteiger partial charge is 0.190 e. The second-order valence-corrected chi connectivity index (χ2v) is 5.98. The summed E-state index contributed by atoms with van der Waals surface area (Å²) in [5, 5.41) is 3.26. The van der Waals surface area contributed by atoms with Crippen LogP contribution in [0.5, 0.6) is 0 Å². The van der Waals surface area contributed by atoms with E-state index in [1.807, 2.05) is 13.3 Å². The SMILES string of the molecule is CSc1nc(Cl)cc(N(C)C(C)c2cccs2)n1. The summed E-state index contributed by atoms with van der Waals surface area (Å²) in [6, 6.07) is 6.26. The zero-order valence-electron chi connectivity index (χ0n) is 10.4. The Morgan fingerprint density at radius 1 is 1.44 bits per heavy atom. The van der Waals surface area contributed by atoms with Crippen LogP contribution in [0.3, 0.4) is 0 Å². The minimum atomic E-state index is 0.269. The highest BCUT2D eigenvalue weighted by molar-refractivity contribution is 7.98. The van der Waals surface area contributed by atoms with Gasteiger partial charge in [0.15, 0.2) is 5.16 Å². The maximum Gasteiger partial charge on any atom is 0.190 e. The zero-order valence-corrected chi connectivity index (χ0v) is 12.8. The second-order valence-electron chi connectivity index (χ2n) is 3.84. The van der Waals surface area contributed by atoms with Gasteiger partial charge in [0, 0.05) is 18.0 Å². The van der Waals surface area contributed by atoms with Crippen molar-refractivity contribution in [3.8, 4) is 0 Å². The van der Waals surface area contributed by atoms with Crippen LogP contribution in [0.2, 0.25) is 5.15 Å². The summed E-state index contributed by atoms with van der Waals surface area (Å²) in [5.41, 5.74) is 0. The van der Waals surface area contributed by atoms with Gasteiger partial charge < -0.3 is 4.90 Å². The minimum absolute atomic E-state index is 0.269. The lowest BCUT2D eigenvalue weighted by Gasteiger charge is -2.25. The number of aromatic nitrogens is 2. The third kappa shape index (κ3) is 2.96. The van der Waals surface area contributed by atoms with E-state index in [-0.39, 0.29) is 6.04 Å². The van der Waals surface area contributed by atoms with Crippen LogP contribution in [0.25, 0.3) is 0 Å². The second kappa shape index (κ2) is 5.91. The van der Waals surface area contributed by atoms with Gasteiger partial charge in [-0.1, -0.05) is 29.4 Å². The number of anilines is 1. The molecule has 2 aromatic rings. The van der Waals surface area contributed by atoms with Crippen LogP contribution >= 0.6 is 34.7 Å². The molecule has 0 saturated carbocycles. The lowest BCUT2D eigenvalue weighted by Crippen LogP contribution is -2.22. The Labute approximate surface area is 120 Å². The average Bonchev–Trinajstić information content (AvgIpc) is 2.90. The topological polar surface area (TPSA) is 29.0 Å². The average molecular weight is 300 g/mol. The third-order valence-corrected chi connectivity index (χ3v) is 4.52. The van der Waals surface area contributed by atoms with Crippen molar-refractivity contribution in [3.63, 3.8) is 0 Å². The molecule has 2 aromatic heterocycles. The first-order valence-electron chi connectivity index (χ1n) is 5.46. The first-order valence-corrected chi connectivity index (χ1v) is 7.95. The number of nitrogens with zero attached hydrogens (tertiary/aromatic N) is 3. The molecule has 0 aliphatic carbocycles. The van der Waals surface area contributed by atoms with Crippen LogP contribution in [0, 0.1) is 0 Å². The molecule has 0 aromatic carbocycles. The fourth-order valence-electron chi connectivity index (χ4n) is 1.58. The van der Waals surface area contributed by atoms with Gasteiger partial charge in [-0.05, 0) is 24.6 Å². The Morgan fingerprint density at radius 2 is 2.22 bits per heavy atom. The molecule has 1 atom stereocenters. The predicted octanol–water partition coefficient (Wildman–Crippen LogP) is 4.11. The van der Waals surface area contributed by atoms with Gasteiger partial charge in [-0.25, -0.2) is 9.97 Å². The van der Waals surface area contributed by atoms with Gasteiger partial charge in [0.2, 0.25) is 0 Å². The molecule has 2 heterocycles. The van der Waals surface area contributed by atoms with Crippen molar-refractivity contribution < 1.29 is 0 Å². The summed E-state index contributed by atoms with van der Waals surface area (Å²) < 4.78 is 0. The van der Waals surface area contributed by atoms with E-state index in [0.717, 1.165) is 5.82 Å². The Balaban J connectivity index is 2.28. The molecule has 0 bridgehead atoms. The van der Waals surface area contributed by atoms with Gasteiger partial charge in [-0.15, -0.1) is 11.3 Å². The molecule has 0 saturated heterocycles. The highest BCUT2D eigenvalue weighted by Gasteiger charge is 2.15. The molecule has 0 amide bonds. The Kier molecular flexibility index (Phi) is 4.48. The van der Waals surface area contributed by atoms with Crippen LogP contribution in [-0.4, -0.2) is 23.3 Å². The van der Waals surface area contributed by atoms with E-state index in [2.05, 4.69) is 39.3 Å². The third-order valence-electron chi connectivity index (χ3n) is 2.74. The molecule has 1 unspecified atom stereocenters. The van der Waals surface area contributed by atoms with Crippen molar-refractivity contribution in [3.05, 3.63) is 33.6 Å². The Bertz CT molecular complexity index is 516. The van der Waals surface area contributed by atoms with Crippen molar-refractivity contribution >= 4 is 40.5 Å². The fourth-order valence-corrected chi connectivity index (χ4v) is 3.00. The molecular weight excluding hydrogens is 286 g/mol. The van der Waals surface area contributed by atoms with Crippen molar-refractivity contribution in [1.82, 2.24) is 9.97 Å². The maximum atomic E-state index is 6.01.